The van der Waals surface area contributed by atoms with Gasteiger partial charge in [-0.15, -0.1) is 24.0 Å². The summed E-state index contributed by atoms with van der Waals surface area (Å²) >= 11 is 0. The second kappa shape index (κ2) is 10.4. The number of halogens is 5. The van der Waals surface area contributed by atoms with Gasteiger partial charge < -0.3 is 10.6 Å². The van der Waals surface area contributed by atoms with Crippen LogP contribution < -0.4 is 10.6 Å². The Morgan fingerprint density at radius 3 is 2.53 bits per heavy atom. The Kier molecular flexibility index (Phi) is 8.15. The van der Waals surface area contributed by atoms with Crippen LogP contribution >= 0.6 is 24.0 Å². The highest BCUT2D eigenvalue weighted by molar-refractivity contribution is 14.0. The Hall–Kier alpha value is -2.70. The van der Waals surface area contributed by atoms with Gasteiger partial charge in [0, 0.05) is 38.7 Å². The van der Waals surface area contributed by atoms with Crippen molar-refractivity contribution in [1.29, 1.82) is 0 Å². The maximum absolute atomic E-state index is 13.2. The molecule has 30 heavy (non-hydrogen) atoms. The SMILES string of the molecule is CN=C(NCc1ccnc(-n2ccnc2)c1)NCc1ccc(F)cc1C(F)(F)F.I. The molecule has 0 saturated heterocycles. The molecule has 2 aromatic heterocycles. The molecule has 0 unspecified atom stereocenters. The highest BCUT2D eigenvalue weighted by Crippen LogP contribution is 2.32. The van der Waals surface area contributed by atoms with Gasteiger partial charge in [0.2, 0.25) is 0 Å². The number of alkyl halides is 3. The smallest absolute Gasteiger partial charge is 0.352 e. The molecule has 11 heteroatoms. The molecule has 0 aliphatic heterocycles. The Morgan fingerprint density at radius 1 is 1.10 bits per heavy atom. The Labute approximate surface area is 187 Å². The van der Waals surface area contributed by atoms with Gasteiger partial charge in [-0.1, -0.05) is 6.07 Å². The Bertz CT molecular complexity index is 989. The fourth-order valence-corrected chi connectivity index (χ4v) is 2.66. The molecular formula is C19H19F4IN6. The molecule has 3 aromatic rings. The highest BCUT2D eigenvalue weighted by Gasteiger charge is 2.33. The number of imidazole rings is 1. The molecule has 0 atom stereocenters. The van der Waals surface area contributed by atoms with Crippen molar-refractivity contribution >= 4 is 29.9 Å². The first-order chi connectivity index (χ1) is 13.9. The number of benzene rings is 1. The first kappa shape index (κ1) is 23.6. The van der Waals surface area contributed by atoms with E-state index in [1.807, 2.05) is 12.1 Å². The van der Waals surface area contributed by atoms with E-state index >= 15 is 0 Å². The van der Waals surface area contributed by atoms with Gasteiger partial charge in [-0.2, -0.15) is 13.2 Å². The average Bonchev–Trinajstić information content (AvgIpc) is 3.23. The van der Waals surface area contributed by atoms with Crippen LogP contribution in [0.4, 0.5) is 17.6 Å². The summed E-state index contributed by atoms with van der Waals surface area (Å²) in [5, 5.41) is 5.84. The number of hydrogen-bond donors (Lipinski definition) is 2. The van der Waals surface area contributed by atoms with Crippen molar-refractivity contribution in [2.24, 2.45) is 4.99 Å². The number of aromatic nitrogens is 3. The molecule has 0 amide bonds. The summed E-state index contributed by atoms with van der Waals surface area (Å²) in [5.74, 6) is 0.0595. The van der Waals surface area contributed by atoms with Crippen LogP contribution in [-0.4, -0.2) is 27.5 Å². The van der Waals surface area contributed by atoms with Gasteiger partial charge in [0.1, 0.15) is 18.0 Å². The van der Waals surface area contributed by atoms with Crippen LogP contribution in [0.3, 0.4) is 0 Å². The van der Waals surface area contributed by atoms with E-state index in [0.717, 1.165) is 17.7 Å². The lowest BCUT2D eigenvalue weighted by atomic mass is 10.1. The number of nitrogens with one attached hydrogen (secondary N) is 2. The summed E-state index contributed by atoms with van der Waals surface area (Å²) in [7, 11) is 1.51. The molecule has 0 fully saturated rings. The summed E-state index contributed by atoms with van der Waals surface area (Å²) in [5.41, 5.74) is -0.197. The second-order valence-corrected chi connectivity index (χ2v) is 6.07. The predicted octanol–water partition coefficient (Wildman–Crippen LogP) is 3.91. The van der Waals surface area contributed by atoms with Crippen LogP contribution in [0.25, 0.3) is 5.82 Å². The van der Waals surface area contributed by atoms with Gasteiger partial charge in [0.15, 0.2) is 5.96 Å². The molecule has 2 heterocycles. The van der Waals surface area contributed by atoms with Crippen molar-refractivity contribution in [3.8, 4) is 5.82 Å². The van der Waals surface area contributed by atoms with E-state index in [4.69, 9.17) is 0 Å². The number of rotatable bonds is 5. The molecular weight excluding hydrogens is 515 g/mol. The predicted molar refractivity (Wildman–Crippen MR) is 115 cm³/mol. The van der Waals surface area contributed by atoms with E-state index in [0.29, 0.717) is 24.4 Å². The van der Waals surface area contributed by atoms with Crippen molar-refractivity contribution < 1.29 is 17.6 Å². The summed E-state index contributed by atoms with van der Waals surface area (Å²) < 4.78 is 54.3. The fraction of sp³-hybridized carbons (Fsp3) is 0.211. The van der Waals surface area contributed by atoms with E-state index in [-0.39, 0.29) is 36.1 Å². The number of aliphatic imine (C=N–C) groups is 1. The summed E-state index contributed by atoms with van der Waals surface area (Å²) in [6.45, 7) is 0.213. The van der Waals surface area contributed by atoms with Gasteiger partial charge in [-0.3, -0.25) is 9.56 Å². The number of pyridine rings is 1. The van der Waals surface area contributed by atoms with Gasteiger partial charge in [-0.05, 0) is 35.4 Å². The molecule has 0 aliphatic rings. The third-order valence-corrected chi connectivity index (χ3v) is 4.09. The van der Waals surface area contributed by atoms with Crippen LogP contribution in [0.2, 0.25) is 0 Å². The van der Waals surface area contributed by atoms with Crippen LogP contribution in [0.15, 0.2) is 60.2 Å². The zero-order chi connectivity index (χ0) is 20.9. The third kappa shape index (κ3) is 6.15. The molecule has 3 rings (SSSR count). The molecule has 0 radical (unpaired) electrons. The number of hydrogen-bond acceptors (Lipinski definition) is 3. The molecule has 0 bridgehead atoms. The topological polar surface area (TPSA) is 67.1 Å². The van der Waals surface area contributed by atoms with E-state index in [9.17, 15) is 17.6 Å². The zero-order valence-corrected chi connectivity index (χ0v) is 18.1. The van der Waals surface area contributed by atoms with Crippen LogP contribution in [0.5, 0.6) is 0 Å². The molecule has 0 saturated carbocycles. The van der Waals surface area contributed by atoms with Crippen molar-refractivity contribution in [3.05, 3.63) is 77.8 Å². The number of nitrogens with zero attached hydrogens (tertiary/aromatic N) is 4. The molecule has 0 spiro atoms. The molecule has 2 N–H and O–H groups in total. The minimum atomic E-state index is -4.64. The summed E-state index contributed by atoms with van der Waals surface area (Å²) in [6, 6.07) is 6.25. The highest BCUT2D eigenvalue weighted by atomic mass is 127. The lowest BCUT2D eigenvalue weighted by Crippen LogP contribution is -2.36. The summed E-state index contributed by atoms with van der Waals surface area (Å²) in [4.78, 5) is 12.2. The van der Waals surface area contributed by atoms with E-state index in [2.05, 4.69) is 25.6 Å². The lowest BCUT2D eigenvalue weighted by Gasteiger charge is -2.16. The average molecular weight is 534 g/mol. The van der Waals surface area contributed by atoms with E-state index < -0.39 is 17.6 Å². The quantitative estimate of drug-likeness (QED) is 0.226. The van der Waals surface area contributed by atoms with Crippen LogP contribution in [0.1, 0.15) is 16.7 Å². The first-order valence-electron chi connectivity index (χ1n) is 8.60. The van der Waals surface area contributed by atoms with Crippen molar-refractivity contribution in [2.45, 2.75) is 19.3 Å². The van der Waals surface area contributed by atoms with Crippen molar-refractivity contribution in [1.82, 2.24) is 25.2 Å². The van der Waals surface area contributed by atoms with E-state index in [1.54, 1.807) is 29.5 Å². The van der Waals surface area contributed by atoms with Crippen molar-refractivity contribution in [2.75, 3.05) is 7.05 Å². The minimum absolute atomic E-state index is 0. The summed E-state index contributed by atoms with van der Waals surface area (Å²) in [6.07, 6.45) is 2.04. The van der Waals surface area contributed by atoms with Crippen LogP contribution in [0, 0.1) is 5.82 Å². The van der Waals surface area contributed by atoms with Gasteiger partial charge in [-0.25, -0.2) is 14.4 Å². The third-order valence-electron chi connectivity index (χ3n) is 4.09. The monoisotopic (exact) mass is 534 g/mol. The van der Waals surface area contributed by atoms with Crippen molar-refractivity contribution in [3.63, 3.8) is 0 Å². The first-order valence-corrected chi connectivity index (χ1v) is 8.60. The fourth-order valence-electron chi connectivity index (χ4n) is 2.66. The van der Waals surface area contributed by atoms with E-state index in [1.165, 1.54) is 7.05 Å². The van der Waals surface area contributed by atoms with Crippen LogP contribution in [-0.2, 0) is 19.3 Å². The Morgan fingerprint density at radius 2 is 1.87 bits per heavy atom. The zero-order valence-electron chi connectivity index (χ0n) is 15.8. The van der Waals surface area contributed by atoms with Gasteiger partial charge in [0.25, 0.3) is 0 Å². The number of guanidine groups is 1. The minimum Gasteiger partial charge on any atom is -0.352 e. The normalized spacial score (nSPS) is 11.7. The van der Waals surface area contributed by atoms with Gasteiger partial charge in [0.05, 0.1) is 5.56 Å². The maximum Gasteiger partial charge on any atom is 0.416 e. The Balaban J connectivity index is 0.00000320. The standard InChI is InChI=1S/C19H18F4N6.HI/c1-24-18(28-11-14-2-3-15(20)9-16(14)19(21,22)23)27-10-13-4-5-26-17(8-13)29-7-6-25-12-29;/h2-9,12H,10-11H2,1H3,(H2,24,27,28);1H. The molecule has 1 aromatic carbocycles. The second-order valence-electron chi connectivity index (χ2n) is 6.07. The largest absolute Gasteiger partial charge is 0.416 e. The van der Waals surface area contributed by atoms with Gasteiger partial charge >= 0.3 is 6.18 Å². The molecule has 160 valence electrons. The maximum atomic E-state index is 13.2. The lowest BCUT2D eigenvalue weighted by molar-refractivity contribution is -0.138. The molecule has 0 aliphatic carbocycles. The molecule has 6 nitrogen and oxygen atoms in total.